The molecule has 0 aliphatic heterocycles. The Bertz CT molecular complexity index is 1330. The van der Waals surface area contributed by atoms with Crippen LogP contribution in [0.15, 0.2) is 59.7 Å². The number of ether oxygens (including phenoxy) is 2. The minimum Gasteiger partial charge on any atom is -0.493 e. The van der Waals surface area contributed by atoms with E-state index in [2.05, 4.69) is 15.8 Å². The van der Waals surface area contributed by atoms with Crippen molar-refractivity contribution in [2.45, 2.75) is 6.18 Å². The molecule has 12 heteroatoms. The van der Waals surface area contributed by atoms with Crippen LogP contribution >= 0.6 is 34.2 Å². The summed E-state index contributed by atoms with van der Waals surface area (Å²) >= 11 is 7.61. The first-order chi connectivity index (χ1) is 17.0. The van der Waals surface area contributed by atoms with Crippen LogP contribution < -0.4 is 20.2 Å². The minimum absolute atomic E-state index is 0.0802. The van der Waals surface area contributed by atoms with Gasteiger partial charge in [0, 0.05) is 9.13 Å². The van der Waals surface area contributed by atoms with Gasteiger partial charge in [-0.2, -0.15) is 18.3 Å². The lowest BCUT2D eigenvalue weighted by atomic mass is 10.1. The number of nitrogens with zero attached hydrogens (tertiary/aromatic N) is 1. The van der Waals surface area contributed by atoms with Crippen molar-refractivity contribution in [3.8, 4) is 11.5 Å². The molecule has 3 rings (SSSR count). The van der Waals surface area contributed by atoms with E-state index >= 15 is 0 Å². The van der Waals surface area contributed by atoms with E-state index in [9.17, 15) is 22.8 Å². The maximum absolute atomic E-state index is 13.0. The molecule has 0 fully saturated rings. The molecule has 0 radical (unpaired) electrons. The largest absolute Gasteiger partial charge is 0.493 e. The summed E-state index contributed by atoms with van der Waals surface area (Å²) in [6.07, 6.45) is -3.58. The van der Waals surface area contributed by atoms with Crippen LogP contribution in [-0.2, 0) is 6.18 Å². The molecule has 188 valence electrons. The van der Waals surface area contributed by atoms with Crippen LogP contribution in [-0.4, -0.2) is 32.2 Å². The van der Waals surface area contributed by atoms with Gasteiger partial charge in [-0.25, -0.2) is 5.43 Å². The molecule has 36 heavy (non-hydrogen) atoms. The molecule has 0 bridgehead atoms. The van der Waals surface area contributed by atoms with E-state index in [4.69, 9.17) is 21.1 Å². The first kappa shape index (κ1) is 27.3. The van der Waals surface area contributed by atoms with Crippen LogP contribution in [0.2, 0.25) is 5.02 Å². The van der Waals surface area contributed by atoms with Gasteiger partial charge < -0.3 is 14.8 Å². The Morgan fingerprint density at radius 1 is 0.972 bits per heavy atom. The van der Waals surface area contributed by atoms with Gasteiger partial charge in [-0.05, 0) is 76.7 Å². The van der Waals surface area contributed by atoms with Crippen molar-refractivity contribution in [3.63, 3.8) is 0 Å². The van der Waals surface area contributed by atoms with Crippen LogP contribution in [0, 0.1) is 3.57 Å². The van der Waals surface area contributed by atoms with E-state index in [1.165, 1.54) is 38.5 Å². The third-order valence-corrected chi connectivity index (χ3v) is 5.80. The molecule has 3 aromatic rings. The molecular weight excluding hydrogens is 614 g/mol. The van der Waals surface area contributed by atoms with E-state index in [1.807, 2.05) is 22.6 Å². The molecule has 7 nitrogen and oxygen atoms in total. The van der Waals surface area contributed by atoms with Gasteiger partial charge in [0.1, 0.15) is 0 Å². The Morgan fingerprint density at radius 2 is 1.69 bits per heavy atom. The predicted octanol–water partition coefficient (Wildman–Crippen LogP) is 6.00. The van der Waals surface area contributed by atoms with Crippen molar-refractivity contribution in [2.75, 3.05) is 19.5 Å². The molecular formula is C24H18ClF3IN3O4. The highest BCUT2D eigenvalue weighted by molar-refractivity contribution is 14.1. The number of rotatable bonds is 7. The smallest absolute Gasteiger partial charge is 0.417 e. The molecule has 0 unspecified atom stereocenters. The van der Waals surface area contributed by atoms with Gasteiger partial charge >= 0.3 is 6.18 Å². The number of nitrogens with one attached hydrogen (secondary N) is 2. The lowest BCUT2D eigenvalue weighted by Crippen LogP contribution is -2.21. The van der Waals surface area contributed by atoms with Crippen LogP contribution in [0.25, 0.3) is 0 Å². The summed E-state index contributed by atoms with van der Waals surface area (Å²) in [5.41, 5.74) is 1.89. The van der Waals surface area contributed by atoms with E-state index in [0.717, 1.165) is 18.3 Å². The van der Waals surface area contributed by atoms with Crippen molar-refractivity contribution in [2.24, 2.45) is 5.10 Å². The Morgan fingerprint density at radius 3 is 2.36 bits per heavy atom. The van der Waals surface area contributed by atoms with Crippen molar-refractivity contribution in [1.82, 2.24) is 5.43 Å². The molecule has 0 aliphatic rings. The number of benzene rings is 3. The zero-order valence-electron chi connectivity index (χ0n) is 18.7. The SMILES string of the molecule is COc1ccc(C(=O)Nc2ccc(I)cc2C(=O)N/N=C\c2ccc(Cl)c(C(F)(F)F)c2)cc1OC. The van der Waals surface area contributed by atoms with Crippen LogP contribution in [0.1, 0.15) is 31.8 Å². The van der Waals surface area contributed by atoms with Gasteiger partial charge in [0.15, 0.2) is 11.5 Å². The topological polar surface area (TPSA) is 89.0 Å². The highest BCUT2D eigenvalue weighted by atomic mass is 127. The van der Waals surface area contributed by atoms with Gasteiger partial charge in [-0.1, -0.05) is 17.7 Å². The van der Waals surface area contributed by atoms with E-state index < -0.39 is 28.6 Å². The second-order valence-electron chi connectivity index (χ2n) is 7.15. The van der Waals surface area contributed by atoms with E-state index in [-0.39, 0.29) is 22.4 Å². The number of hydrogen-bond donors (Lipinski definition) is 2. The molecule has 0 saturated carbocycles. The summed E-state index contributed by atoms with van der Waals surface area (Å²) in [5, 5.41) is 5.96. The maximum atomic E-state index is 13.0. The number of methoxy groups -OCH3 is 2. The second-order valence-corrected chi connectivity index (χ2v) is 8.80. The van der Waals surface area contributed by atoms with Crippen LogP contribution in [0.3, 0.4) is 0 Å². The molecule has 3 aromatic carbocycles. The summed E-state index contributed by atoms with van der Waals surface area (Å²) in [7, 11) is 2.91. The quantitative estimate of drug-likeness (QED) is 0.190. The zero-order chi connectivity index (χ0) is 26.5. The number of anilines is 1. The van der Waals surface area contributed by atoms with E-state index in [1.54, 1.807) is 18.2 Å². The Hall–Kier alpha value is -3.32. The number of alkyl halides is 3. The number of hydrogen-bond acceptors (Lipinski definition) is 5. The van der Waals surface area contributed by atoms with Crippen molar-refractivity contribution in [3.05, 3.63) is 85.4 Å². The zero-order valence-corrected chi connectivity index (χ0v) is 21.7. The molecule has 2 amide bonds. The molecule has 0 heterocycles. The van der Waals surface area contributed by atoms with E-state index in [0.29, 0.717) is 15.1 Å². The highest BCUT2D eigenvalue weighted by Gasteiger charge is 2.33. The Balaban J connectivity index is 1.79. The normalized spacial score (nSPS) is 11.3. The van der Waals surface area contributed by atoms with Crippen LogP contribution in [0.4, 0.5) is 18.9 Å². The number of hydrazone groups is 1. The third kappa shape index (κ3) is 6.66. The number of carbonyl (C=O) groups excluding carboxylic acids is 2. The summed E-state index contributed by atoms with van der Waals surface area (Å²) < 4.78 is 50.2. The lowest BCUT2D eigenvalue weighted by molar-refractivity contribution is -0.137. The highest BCUT2D eigenvalue weighted by Crippen LogP contribution is 2.35. The van der Waals surface area contributed by atoms with Gasteiger partial charge in [-0.15, -0.1) is 0 Å². The summed E-state index contributed by atoms with van der Waals surface area (Å²) in [6.45, 7) is 0. The lowest BCUT2D eigenvalue weighted by Gasteiger charge is -2.12. The minimum atomic E-state index is -4.63. The van der Waals surface area contributed by atoms with Gasteiger partial charge in [0.25, 0.3) is 11.8 Å². The average molecular weight is 632 g/mol. The first-order valence-corrected chi connectivity index (χ1v) is 11.5. The fraction of sp³-hybridized carbons (Fsp3) is 0.125. The molecule has 0 atom stereocenters. The Labute approximate surface area is 222 Å². The molecule has 0 spiro atoms. The van der Waals surface area contributed by atoms with Crippen molar-refractivity contribution < 1.29 is 32.2 Å². The number of amides is 2. The maximum Gasteiger partial charge on any atom is 0.417 e. The van der Waals surface area contributed by atoms with Crippen LogP contribution in [0.5, 0.6) is 11.5 Å². The molecule has 0 aromatic heterocycles. The van der Waals surface area contributed by atoms with Crippen molar-refractivity contribution in [1.29, 1.82) is 0 Å². The Kier molecular flexibility index (Phi) is 8.79. The number of halogens is 5. The fourth-order valence-corrected chi connectivity index (χ4v) is 3.77. The third-order valence-electron chi connectivity index (χ3n) is 4.80. The summed E-state index contributed by atoms with van der Waals surface area (Å²) in [6, 6.07) is 12.6. The van der Waals surface area contributed by atoms with Crippen molar-refractivity contribution >= 4 is 57.9 Å². The molecule has 0 aliphatic carbocycles. The second kappa shape index (κ2) is 11.6. The first-order valence-electron chi connectivity index (χ1n) is 10.1. The predicted molar refractivity (Wildman–Crippen MR) is 138 cm³/mol. The average Bonchev–Trinajstić information content (AvgIpc) is 2.84. The standard InChI is InChI=1S/C24H18ClF3IN3O4/c1-35-20-8-4-14(10-21(20)36-2)22(33)31-19-7-5-15(29)11-16(19)23(34)32-30-12-13-3-6-18(25)17(9-13)24(26,27)28/h3-12H,1-2H3,(H,31,33)(H,32,34)/b30-12-. The molecule has 2 N–H and O–H groups in total. The van der Waals surface area contributed by atoms with Gasteiger partial charge in [0.05, 0.1) is 42.3 Å². The number of carbonyl (C=O) groups is 2. The molecule has 0 saturated heterocycles. The summed E-state index contributed by atoms with van der Waals surface area (Å²) in [4.78, 5) is 25.6. The van der Waals surface area contributed by atoms with Gasteiger partial charge in [0.2, 0.25) is 0 Å². The fourth-order valence-electron chi connectivity index (χ4n) is 3.05. The summed E-state index contributed by atoms with van der Waals surface area (Å²) in [5.74, 6) is -0.381. The monoisotopic (exact) mass is 631 g/mol. The van der Waals surface area contributed by atoms with Gasteiger partial charge in [-0.3, -0.25) is 9.59 Å².